The predicted octanol–water partition coefficient (Wildman–Crippen LogP) is 5.60. The molecule has 29 heavy (non-hydrogen) atoms. The second kappa shape index (κ2) is 7.80. The molecule has 0 saturated heterocycles. The number of hydrogen-bond donors (Lipinski definition) is 1. The zero-order valence-corrected chi connectivity index (χ0v) is 18.3. The van der Waals surface area contributed by atoms with Crippen molar-refractivity contribution in [3.8, 4) is 0 Å². The second-order valence-electron chi connectivity index (χ2n) is 10.9. The number of nitrogens with zero attached hydrogens (tertiary/aromatic N) is 2. The Morgan fingerprint density at radius 1 is 1.17 bits per heavy atom. The molecule has 0 spiro atoms. The van der Waals surface area contributed by atoms with E-state index in [1.807, 2.05) is 6.20 Å². The van der Waals surface area contributed by atoms with E-state index in [1.165, 1.54) is 50.6 Å². The van der Waals surface area contributed by atoms with Crippen LogP contribution in [0.3, 0.4) is 0 Å². The summed E-state index contributed by atoms with van der Waals surface area (Å²) >= 11 is 0. The van der Waals surface area contributed by atoms with Crippen LogP contribution in [-0.2, 0) is 6.42 Å². The molecule has 158 valence electrons. The molecule has 0 aliphatic heterocycles. The van der Waals surface area contributed by atoms with Gasteiger partial charge < -0.3 is 5.11 Å². The van der Waals surface area contributed by atoms with Gasteiger partial charge >= 0.3 is 0 Å². The van der Waals surface area contributed by atoms with Crippen LogP contribution >= 0.6 is 0 Å². The summed E-state index contributed by atoms with van der Waals surface area (Å²) in [6.45, 7) is 5.16. The Hall–Kier alpha value is -1.22. The van der Waals surface area contributed by atoms with E-state index >= 15 is 0 Å². The fourth-order valence-electron chi connectivity index (χ4n) is 8.27. The van der Waals surface area contributed by atoms with Crippen molar-refractivity contribution in [3.63, 3.8) is 0 Å². The highest BCUT2D eigenvalue weighted by Gasteiger charge is 2.56. The maximum absolute atomic E-state index is 10.1. The molecule has 0 amide bonds. The normalized spacial score (nSPS) is 42.4. The first-order valence-electron chi connectivity index (χ1n) is 12.2. The second-order valence-corrected chi connectivity index (χ2v) is 10.9. The number of aryl methyl sites for hydroxylation is 1. The van der Waals surface area contributed by atoms with Gasteiger partial charge in [0.15, 0.2) is 0 Å². The Morgan fingerprint density at radius 3 is 2.90 bits per heavy atom. The number of rotatable bonds is 4. The van der Waals surface area contributed by atoms with Crippen LogP contribution in [0.1, 0.15) is 77.3 Å². The SMILES string of the molecule is CC(CCc1ccncn1)C1CCC2C3CC=C4CC(O)CCC4C3CCC12C. The number of aliphatic hydroxyl groups excluding tert-OH is 1. The molecule has 8 unspecified atom stereocenters. The molecule has 1 aromatic rings. The minimum Gasteiger partial charge on any atom is -0.393 e. The Labute approximate surface area is 176 Å². The average molecular weight is 395 g/mol. The van der Waals surface area contributed by atoms with E-state index < -0.39 is 0 Å². The minimum atomic E-state index is -0.0745. The topological polar surface area (TPSA) is 46.0 Å². The summed E-state index contributed by atoms with van der Waals surface area (Å²) in [6, 6.07) is 2.07. The highest BCUT2D eigenvalue weighted by Crippen LogP contribution is 2.64. The summed E-state index contributed by atoms with van der Waals surface area (Å²) in [5, 5.41) is 10.1. The Morgan fingerprint density at radius 2 is 2.07 bits per heavy atom. The van der Waals surface area contributed by atoms with Gasteiger partial charge in [0.05, 0.1) is 6.10 Å². The van der Waals surface area contributed by atoms with Gasteiger partial charge in [-0.25, -0.2) is 9.97 Å². The maximum atomic E-state index is 10.1. The van der Waals surface area contributed by atoms with E-state index in [0.29, 0.717) is 5.41 Å². The van der Waals surface area contributed by atoms with Gasteiger partial charge in [0.25, 0.3) is 0 Å². The van der Waals surface area contributed by atoms with Gasteiger partial charge in [-0.1, -0.05) is 25.5 Å². The summed E-state index contributed by atoms with van der Waals surface area (Å²) in [4.78, 5) is 8.49. The zero-order chi connectivity index (χ0) is 20.0. The molecule has 5 rings (SSSR count). The van der Waals surface area contributed by atoms with E-state index in [4.69, 9.17) is 0 Å². The van der Waals surface area contributed by atoms with E-state index in [9.17, 15) is 5.11 Å². The maximum Gasteiger partial charge on any atom is 0.115 e. The van der Waals surface area contributed by atoms with Gasteiger partial charge in [0, 0.05) is 11.9 Å². The number of fused-ring (bicyclic) bond motifs is 5. The van der Waals surface area contributed by atoms with Gasteiger partial charge in [-0.3, -0.25) is 0 Å². The quantitative estimate of drug-likeness (QED) is 0.677. The third-order valence-corrected chi connectivity index (χ3v) is 9.68. The molecule has 3 heteroatoms. The van der Waals surface area contributed by atoms with E-state index in [2.05, 4.69) is 36.0 Å². The predicted molar refractivity (Wildman–Crippen MR) is 116 cm³/mol. The first kappa shape index (κ1) is 19.7. The highest BCUT2D eigenvalue weighted by atomic mass is 16.3. The molecule has 3 nitrogen and oxygen atoms in total. The van der Waals surface area contributed by atoms with Crippen molar-refractivity contribution in [1.29, 1.82) is 0 Å². The number of allylic oxidation sites excluding steroid dienone is 1. The minimum absolute atomic E-state index is 0.0745. The van der Waals surface area contributed by atoms with Crippen molar-refractivity contribution in [2.75, 3.05) is 0 Å². The van der Waals surface area contributed by atoms with Gasteiger partial charge in [0.2, 0.25) is 0 Å². The van der Waals surface area contributed by atoms with Crippen LogP contribution in [0.15, 0.2) is 30.2 Å². The zero-order valence-electron chi connectivity index (χ0n) is 18.3. The van der Waals surface area contributed by atoms with Crippen molar-refractivity contribution in [1.82, 2.24) is 9.97 Å². The van der Waals surface area contributed by atoms with E-state index in [0.717, 1.165) is 54.8 Å². The largest absolute Gasteiger partial charge is 0.393 e. The van der Waals surface area contributed by atoms with Crippen molar-refractivity contribution in [3.05, 3.63) is 35.9 Å². The number of aromatic nitrogens is 2. The van der Waals surface area contributed by atoms with Gasteiger partial charge in [-0.15, -0.1) is 0 Å². The van der Waals surface area contributed by atoms with Crippen LogP contribution in [0.4, 0.5) is 0 Å². The fraction of sp³-hybridized carbons (Fsp3) is 0.769. The van der Waals surface area contributed by atoms with Crippen LogP contribution < -0.4 is 0 Å². The lowest BCUT2D eigenvalue weighted by molar-refractivity contribution is -0.0292. The fourth-order valence-corrected chi connectivity index (χ4v) is 8.27. The van der Waals surface area contributed by atoms with Crippen molar-refractivity contribution >= 4 is 0 Å². The molecule has 4 aliphatic rings. The first-order valence-corrected chi connectivity index (χ1v) is 12.2. The lowest BCUT2D eigenvalue weighted by Crippen LogP contribution is -2.47. The van der Waals surface area contributed by atoms with Gasteiger partial charge in [0.1, 0.15) is 6.33 Å². The molecule has 0 radical (unpaired) electrons. The van der Waals surface area contributed by atoms with Crippen molar-refractivity contribution in [2.45, 2.75) is 84.2 Å². The van der Waals surface area contributed by atoms with Crippen LogP contribution in [0.5, 0.6) is 0 Å². The summed E-state index contributed by atoms with van der Waals surface area (Å²) in [5.74, 6) is 5.14. The molecule has 8 atom stereocenters. The lowest BCUT2D eigenvalue weighted by atomic mass is 9.51. The molecular formula is C26H38N2O. The van der Waals surface area contributed by atoms with Gasteiger partial charge in [-0.2, -0.15) is 0 Å². The molecule has 1 heterocycles. The molecule has 0 bridgehead atoms. The third kappa shape index (κ3) is 3.48. The standard InChI is InChI=1S/C26H38N2O/c1-17(3-5-19-12-14-27-16-28-19)24-9-10-25-23-7-4-18-15-20(29)6-8-21(18)22(23)11-13-26(24,25)2/h4,12,14,16-17,20-25,29H,3,5-11,13,15H2,1-2H3. The molecule has 3 saturated carbocycles. The smallest absolute Gasteiger partial charge is 0.115 e. The molecule has 0 aromatic carbocycles. The Bertz CT molecular complexity index is 746. The molecule has 3 fully saturated rings. The molecule has 1 N–H and O–H groups in total. The molecule has 1 aromatic heterocycles. The summed E-state index contributed by atoms with van der Waals surface area (Å²) in [5.41, 5.74) is 3.34. The molecular weight excluding hydrogens is 356 g/mol. The van der Waals surface area contributed by atoms with Crippen LogP contribution in [0.25, 0.3) is 0 Å². The number of hydrogen-bond acceptors (Lipinski definition) is 3. The summed E-state index contributed by atoms with van der Waals surface area (Å²) < 4.78 is 0. The van der Waals surface area contributed by atoms with Crippen LogP contribution in [-0.4, -0.2) is 21.2 Å². The van der Waals surface area contributed by atoms with Crippen molar-refractivity contribution in [2.24, 2.45) is 40.9 Å². The Balaban J connectivity index is 1.28. The summed E-state index contributed by atoms with van der Waals surface area (Å²) in [6.07, 6.45) is 18.6. The first-order chi connectivity index (χ1) is 14.1. The average Bonchev–Trinajstić information content (AvgIpc) is 3.09. The Kier molecular flexibility index (Phi) is 5.30. The van der Waals surface area contributed by atoms with E-state index in [-0.39, 0.29) is 6.10 Å². The molecule has 4 aliphatic carbocycles. The number of aliphatic hydroxyl groups is 1. The van der Waals surface area contributed by atoms with Gasteiger partial charge in [-0.05, 0) is 111 Å². The van der Waals surface area contributed by atoms with Crippen molar-refractivity contribution < 1.29 is 5.11 Å². The van der Waals surface area contributed by atoms with Crippen LogP contribution in [0.2, 0.25) is 0 Å². The lowest BCUT2D eigenvalue weighted by Gasteiger charge is -2.54. The highest BCUT2D eigenvalue weighted by molar-refractivity contribution is 5.20. The van der Waals surface area contributed by atoms with E-state index in [1.54, 1.807) is 11.9 Å². The summed E-state index contributed by atoms with van der Waals surface area (Å²) in [7, 11) is 0. The third-order valence-electron chi connectivity index (χ3n) is 9.68. The van der Waals surface area contributed by atoms with Crippen LogP contribution in [0, 0.1) is 40.9 Å². The monoisotopic (exact) mass is 394 g/mol.